The number of amides is 1. The smallest absolute Gasteiger partial charge is 0.255 e. The van der Waals surface area contributed by atoms with E-state index in [9.17, 15) is 4.79 Å². The topological polar surface area (TPSA) is 53.9 Å². The second kappa shape index (κ2) is 6.97. The minimum absolute atomic E-state index is 0.0230. The van der Waals surface area contributed by atoms with Gasteiger partial charge in [0.15, 0.2) is 0 Å². The maximum atomic E-state index is 12.9. The first-order valence-electron chi connectivity index (χ1n) is 8.41. The third-order valence-corrected chi connectivity index (χ3v) is 4.70. The van der Waals surface area contributed by atoms with Gasteiger partial charge in [-0.05, 0) is 31.4 Å². The Morgan fingerprint density at radius 3 is 2.56 bits per heavy atom. The molecule has 3 rings (SSSR count). The molecule has 25 heavy (non-hydrogen) atoms. The molecule has 0 aliphatic rings. The molecule has 0 unspecified atom stereocenters. The average molecular weight is 336 g/mol. The number of nitrogens with one attached hydrogen (secondary N) is 1. The Hall–Kier alpha value is -2.82. The molecule has 5 nitrogen and oxygen atoms in total. The molecular weight excluding hydrogens is 312 g/mol. The molecule has 0 spiro atoms. The lowest BCUT2D eigenvalue weighted by Gasteiger charge is -2.18. The van der Waals surface area contributed by atoms with Gasteiger partial charge in [0.1, 0.15) is 0 Å². The first kappa shape index (κ1) is 17.0. The van der Waals surface area contributed by atoms with Gasteiger partial charge in [0.2, 0.25) is 0 Å². The molecule has 1 amide bonds. The van der Waals surface area contributed by atoms with Gasteiger partial charge in [-0.1, -0.05) is 30.3 Å². The summed E-state index contributed by atoms with van der Waals surface area (Å²) in [5.41, 5.74) is 6.11. The summed E-state index contributed by atoms with van der Waals surface area (Å²) < 4.78 is 1.86. The molecule has 0 atom stereocenters. The van der Waals surface area contributed by atoms with E-state index in [4.69, 9.17) is 0 Å². The van der Waals surface area contributed by atoms with Gasteiger partial charge in [-0.25, -0.2) is 0 Å². The summed E-state index contributed by atoms with van der Waals surface area (Å²) in [7, 11) is 3.77. The summed E-state index contributed by atoms with van der Waals surface area (Å²) in [4.78, 5) is 17.8. The van der Waals surface area contributed by atoms with E-state index in [-0.39, 0.29) is 5.91 Å². The first-order valence-corrected chi connectivity index (χ1v) is 8.41. The molecule has 0 saturated heterocycles. The molecular formula is C20H24N4O. The Labute approximate surface area is 148 Å². The predicted octanol–water partition coefficient (Wildman–Crippen LogP) is 3.23. The number of rotatable bonds is 5. The molecule has 130 valence electrons. The van der Waals surface area contributed by atoms with Gasteiger partial charge < -0.3 is 9.88 Å². The van der Waals surface area contributed by atoms with Crippen LogP contribution in [0.25, 0.3) is 0 Å². The fourth-order valence-electron chi connectivity index (χ4n) is 3.12. The van der Waals surface area contributed by atoms with Crippen LogP contribution >= 0.6 is 0 Å². The molecule has 0 fully saturated rings. The number of aryl methyl sites for hydroxylation is 2. The highest BCUT2D eigenvalue weighted by Gasteiger charge is 2.19. The van der Waals surface area contributed by atoms with E-state index < -0.39 is 0 Å². The zero-order valence-corrected chi connectivity index (χ0v) is 15.2. The van der Waals surface area contributed by atoms with Gasteiger partial charge in [-0.3, -0.25) is 9.48 Å². The summed E-state index contributed by atoms with van der Waals surface area (Å²) in [5.74, 6) is 0.0230. The van der Waals surface area contributed by atoms with Crippen LogP contribution in [-0.4, -0.2) is 32.6 Å². The summed E-state index contributed by atoms with van der Waals surface area (Å²) in [6.45, 7) is 4.57. The van der Waals surface area contributed by atoms with E-state index in [1.54, 1.807) is 11.1 Å². The zero-order valence-electron chi connectivity index (χ0n) is 15.2. The Kier molecular flexibility index (Phi) is 4.74. The second-order valence-corrected chi connectivity index (χ2v) is 6.49. The third-order valence-electron chi connectivity index (χ3n) is 4.70. The van der Waals surface area contributed by atoms with Crippen LogP contribution in [0.1, 0.15) is 38.4 Å². The van der Waals surface area contributed by atoms with Crippen molar-refractivity contribution in [1.29, 1.82) is 0 Å². The quantitative estimate of drug-likeness (QED) is 0.778. The van der Waals surface area contributed by atoms with Crippen molar-refractivity contribution in [3.8, 4) is 0 Å². The molecule has 0 aliphatic heterocycles. The van der Waals surface area contributed by atoms with Gasteiger partial charge >= 0.3 is 0 Å². The Morgan fingerprint density at radius 2 is 1.92 bits per heavy atom. The lowest BCUT2D eigenvalue weighted by atomic mass is 10.0. The highest BCUT2D eigenvalue weighted by Crippen LogP contribution is 2.19. The van der Waals surface area contributed by atoms with E-state index in [0.717, 1.165) is 34.5 Å². The standard InChI is InChI=1S/C20H24N4O/c1-14-19(15(2)24(4)22-14)13-23(3)20(25)18-12-21-11-17(18)10-16-8-6-5-7-9-16/h5-9,11-12,21H,10,13H2,1-4H3. The monoisotopic (exact) mass is 336 g/mol. The van der Waals surface area contributed by atoms with Crippen LogP contribution in [0.4, 0.5) is 0 Å². The zero-order chi connectivity index (χ0) is 18.0. The van der Waals surface area contributed by atoms with Crippen molar-refractivity contribution in [2.24, 2.45) is 7.05 Å². The highest BCUT2D eigenvalue weighted by molar-refractivity contribution is 5.95. The van der Waals surface area contributed by atoms with E-state index in [1.807, 2.05) is 57.0 Å². The first-order chi connectivity index (χ1) is 12.0. The van der Waals surface area contributed by atoms with E-state index in [2.05, 4.69) is 22.2 Å². The van der Waals surface area contributed by atoms with E-state index in [0.29, 0.717) is 6.54 Å². The van der Waals surface area contributed by atoms with E-state index >= 15 is 0 Å². The number of nitrogens with zero attached hydrogens (tertiary/aromatic N) is 3. The normalized spacial score (nSPS) is 10.9. The molecule has 0 aliphatic carbocycles. The lowest BCUT2D eigenvalue weighted by Crippen LogP contribution is -2.27. The molecule has 2 heterocycles. The number of hydrogen-bond donors (Lipinski definition) is 1. The Bertz CT molecular complexity index is 876. The van der Waals surface area contributed by atoms with Crippen LogP contribution in [-0.2, 0) is 20.0 Å². The second-order valence-electron chi connectivity index (χ2n) is 6.49. The number of carbonyl (C=O) groups excluding carboxylic acids is 1. The highest BCUT2D eigenvalue weighted by atomic mass is 16.2. The summed E-state index contributed by atoms with van der Waals surface area (Å²) in [5, 5.41) is 4.43. The molecule has 0 saturated carbocycles. The van der Waals surface area contributed by atoms with Crippen molar-refractivity contribution in [2.45, 2.75) is 26.8 Å². The van der Waals surface area contributed by atoms with Gasteiger partial charge in [0, 0.05) is 44.3 Å². The molecule has 0 radical (unpaired) electrons. The average Bonchev–Trinajstić information content (AvgIpc) is 3.15. The van der Waals surface area contributed by atoms with Crippen LogP contribution in [0, 0.1) is 13.8 Å². The number of H-pyrrole nitrogens is 1. The van der Waals surface area contributed by atoms with Gasteiger partial charge in [-0.2, -0.15) is 5.10 Å². The number of aromatic nitrogens is 3. The van der Waals surface area contributed by atoms with Gasteiger partial charge in [0.05, 0.1) is 11.3 Å². The number of aromatic amines is 1. The largest absolute Gasteiger partial charge is 0.367 e. The van der Waals surface area contributed by atoms with Gasteiger partial charge in [-0.15, -0.1) is 0 Å². The molecule has 3 aromatic rings. The van der Waals surface area contributed by atoms with Crippen molar-refractivity contribution >= 4 is 5.91 Å². The molecule has 1 aromatic carbocycles. The third kappa shape index (κ3) is 3.50. The van der Waals surface area contributed by atoms with Crippen molar-refractivity contribution in [3.05, 3.63) is 76.4 Å². The summed E-state index contributed by atoms with van der Waals surface area (Å²) in [6, 6.07) is 10.2. The molecule has 1 N–H and O–H groups in total. The molecule has 2 aromatic heterocycles. The van der Waals surface area contributed by atoms with E-state index in [1.165, 1.54) is 5.56 Å². The lowest BCUT2D eigenvalue weighted by molar-refractivity contribution is 0.0784. The van der Waals surface area contributed by atoms with Crippen LogP contribution in [0.2, 0.25) is 0 Å². The number of hydrogen-bond acceptors (Lipinski definition) is 2. The maximum Gasteiger partial charge on any atom is 0.255 e. The van der Waals surface area contributed by atoms with Gasteiger partial charge in [0.25, 0.3) is 5.91 Å². The SMILES string of the molecule is Cc1nn(C)c(C)c1CN(C)C(=O)c1c[nH]cc1Cc1ccccc1. The fraction of sp³-hybridized carbons (Fsp3) is 0.300. The van der Waals surface area contributed by atoms with Crippen molar-refractivity contribution in [1.82, 2.24) is 19.7 Å². The van der Waals surface area contributed by atoms with Crippen LogP contribution in [0.3, 0.4) is 0 Å². The van der Waals surface area contributed by atoms with Crippen molar-refractivity contribution in [3.63, 3.8) is 0 Å². The van der Waals surface area contributed by atoms with Crippen LogP contribution in [0.5, 0.6) is 0 Å². The van der Waals surface area contributed by atoms with Crippen LogP contribution in [0.15, 0.2) is 42.7 Å². The summed E-state index contributed by atoms with van der Waals surface area (Å²) in [6.07, 6.45) is 4.44. The molecule has 0 bridgehead atoms. The Morgan fingerprint density at radius 1 is 1.20 bits per heavy atom. The minimum atomic E-state index is 0.0230. The molecule has 5 heteroatoms. The fourth-order valence-corrected chi connectivity index (χ4v) is 3.12. The van der Waals surface area contributed by atoms with Crippen molar-refractivity contribution in [2.75, 3.05) is 7.05 Å². The van der Waals surface area contributed by atoms with Crippen molar-refractivity contribution < 1.29 is 4.79 Å². The summed E-state index contributed by atoms with van der Waals surface area (Å²) >= 11 is 0. The minimum Gasteiger partial charge on any atom is -0.367 e. The van der Waals surface area contributed by atoms with Crippen LogP contribution < -0.4 is 0 Å². The maximum absolute atomic E-state index is 12.9. The predicted molar refractivity (Wildman–Crippen MR) is 98.5 cm³/mol. The Balaban J connectivity index is 1.78. The number of benzene rings is 1. The number of carbonyl (C=O) groups is 1.